The van der Waals surface area contributed by atoms with E-state index in [1.165, 1.54) is 33.1 Å². The van der Waals surface area contributed by atoms with Crippen molar-refractivity contribution in [1.29, 1.82) is 0 Å². The predicted octanol–water partition coefficient (Wildman–Crippen LogP) is 5.97. The summed E-state index contributed by atoms with van der Waals surface area (Å²) < 4.78 is 17.0. The van der Waals surface area contributed by atoms with Gasteiger partial charge in [0.1, 0.15) is 33.8 Å². The van der Waals surface area contributed by atoms with E-state index in [1.807, 2.05) is 13.8 Å². The molecule has 0 aliphatic carbocycles. The number of phenolic OH excluding ortho intramolecular Hbond substituents is 1. The highest BCUT2D eigenvalue weighted by molar-refractivity contribution is 6.05. The van der Waals surface area contributed by atoms with Gasteiger partial charge in [-0.1, -0.05) is 27.7 Å². The van der Waals surface area contributed by atoms with Gasteiger partial charge in [0, 0.05) is 24.6 Å². The van der Waals surface area contributed by atoms with Crippen LogP contribution in [0.5, 0.6) is 17.2 Å². The van der Waals surface area contributed by atoms with Crippen LogP contribution in [0.15, 0.2) is 21.3 Å². The minimum atomic E-state index is -0.540. The molecule has 188 valence electrons. The van der Waals surface area contributed by atoms with Crippen LogP contribution in [0, 0.1) is 11.8 Å². The van der Waals surface area contributed by atoms with Gasteiger partial charge in [-0.15, -0.1) is 0 Å². The Kier molecular flexibility index (Phi) is 7.88. The normalized spacial score (nSPS) is 11.6. The maximum atomic E-state index is 13.9. The van der Waals surface area contributed by atoms with Crippen molar-refractivity contribution in [3.8, 4) is 17.2 Å². The van der Waals surface area contributed by atoms with E-state index >= 15 is 0 Å². The Labute approximate surface area is 205 Å². The summed E-state index contributed by atoms with van der Waals surface area (Å²) >= 11 is 0. The second kappa shape index (κ2) is 10.5. The molecule has 0 fully saturated rings. The first kappa shape index (κ1) is 26.3. The Morgan fingerprint density at radius 3 is 1.97 bits per heavy atom. The molecule has 35 heavy (non-hydrogen) atoms. The maximum Gasteiger partial charge on any atom is 0.308 e. The highest BCUT2D eigenvalue weighted by Crippen LogP contribution is 2.39. The Bertz CT molecular complexity index is 1350. The molecular weight excluding hydrogens is 448 g/mol. The van der Waals surface area contributed by atoms with Gasteiger partial charge in [-0.25, -0.2) is 0 Å². The lowest BCUT2D eigenvalue weighted by Crippen LogP contribution is -2.13. The fourth-order valence-electron chi connectivity index (χ4n) is 4.37. The van der Waals surface area contributed by atoms with Crippen LogP contribution < -0.4 is 14.9 Å². The zero-order valence-corrected chi connectivity index (χ0v) is 21.5. The van der Waals surface area contributed by atoms with Crippen molar-refractivity contribution in [3.05, 3.63) is 39.0 Å². The van der Waals surface area contributed by atoms with Crippen LogP contribution >= 0.6 is 0 Å². The second-order valence-electron chi connectivity index (χ2n) is 9.83. The molecule has 0 spiro atoms. The summed E-state index contributed by atoms with van der Waals surface area (Å²) in [4.78, 5) is 38.3. The summed E-state index contributed by atoms with van der Waals surface area (Å²) in [5.74, 6) is 0.144. The second-order valence-corrected chi connectivity index (χ2v) is 9.83. The molecule has 0 atom stereocenters. The Morgan fingerprint density at radius 2 is 1.46 bits per heavy atom. The van der Waals surface area contributed by atoms with Crippen LogP contribution in [-0.2, 0) is 17.6 Å². The number of aryl methyl sites for hydroxylation is 1. The van der Waals surface area contributed by atoms with E-state index in [4.69, 9.17) is 13.9 Å². The lowest BCUT2D eigenvalue weighted by atomic mass is 9.91. The number of fused-ring (bicyclic) bond motifs is 2. The monoisotopic (exact) mass is 482 g/mol. The molecule has 0 aliphatic rings. The number of carbonyl (C=O) groups excluding carboxylic acids is 2. The quantitative estimate of drug-likeness (QED) is 0.174. The van der Waals surface area contributed by atoms with Crippen molar-refractivity contribution in [2.45, 2.75) is 67.2 Å². The number of benzene rings is 2. The fraction of sp³-hybridized carbons (Fsp3) is 0.464. The summed E-state index contributed by atoms with van der Waals surface area (Å²) in [7, 11) is 1.46. The van der Waals surface area contributed by atoms with Crippen molar-refractivity contribution < 1.29 is 28.6 Å². The molecule has 1 heterocycles. The van der Waals surface area contributed by atoms with E-state index in [2.05, 4.69) is 13.8 Å². The van der Waals surface area contributed by atoms with E-state index in [1.54, 1.807) is 0 Å². The molecule has 1 aromatic heterocycles. The lowest BCUT2D eigenvalue weighted by molar-refractivity contribution is -0.131. The minimum Gasteiger partial charge on any atom is -0.507 e. The summed E-state index contributed by atoms with van der Waals surface area (Å²) in [6.45, 7) is 10.9. The topological polar surface area (TPSA) is 103 Å². The molecule has 0 radical (unpaired) electrons. The average Bonchev–Trinajstić information content (AvgIpc) is 2.75. The Hall–Kier alpha value is -3.35. The lowest BCUT2D eigenvalue weighted by Gasteiger charge is -2.17. The third-order valence-electron chi connectivity index (χ3n) is 6.13. The minimum absolute atomic E-state index is 0.0117. The molecule has 7 heteroatoms. The van der Waals surface area contributed by atoms with Gasteiger partial charge in [0.2, 0.25) is 5.43 Å². The summed E-state index contributed by atoms with van der Waals surface area (Å²) in [5.41, 5.74) is 1.20. The highest BCUT2D eigenvalue weighted by atomic mass is 16.5. The number of hydrogen-bond donors (Lipinski definition) is 1. The molecule has 3 aromatic rings. The standard InChI is InChI=1S/C28H34O7/c1-14(2)8-10-18-20(34-17(6)30)12-23-26(27(18)31)28(32)25-19(11-9-15(3)4)24(16(5)29)21(33-7)13-22(25)35-23/h12-15,31H,8-11H2,1-7H3. The third-order valence-corrected chi connectivity index (χ3v) is 6.13. The highest BCUT2D eigenvalue weighted by Gasteiger charge is 2.25. The number of phenols is 1. The van der Waals surface area contributed by atoms with E-state index in [9.17, 15) is 19.5 Å². The summed E-state index contributed by atoms with van der Waals surface area (Å²) in [6, 6.07) is 3.01. The van der Waals surface area contributed by atoms with Crippen molar-refractivity contribution in [2.24, 2.45) is 11.8 Å². The Balaban J connectivity index is 2.46. The summed E-state index contributed by atoms with van der Waals surface area (Å²) in [6.07, 6.45) is 2.36. The van der Waals surface area contributed by atoms with Crippen LogP contribution in [0.1, 0.15) is 75.9 Å². The van der Waals surface area contributed by atoms with Gasteiger partial charge >= 0.3 is 5.97 Å². The van der Waals surface area contributed by atoms with E-state index in [-0.39, 0.29) is 39.2 Å². The van der Waals surface area contributed by atoms with Gasteiger partial charge in [-0.2, -0.15) is 0 Å². The molecule has 0 bridgehead atoms. The van der Waals surface area contributed by atoms with E-state index in [0.717, 1.165) is 12.8 Å². The molecule has 0 amide bonds. The first-order valence-corrected chi connectivity index (χ1v) is 12.0. The number of ketones is 1. The van der Waals surface area contributed by atoms with Crippen LogP contribution in [0.2, 0.25) is 0 Å². The largest absolute Gasteiger partial charge is 0.507 e. The zero-order chi connectivity index (χ0) is 26.0. The smallest absolute Gasteiger partial charge is 0.308 e. The molecule has 3 rings (SSSR count). The number of ether oxygens (including phenoxy) is 2. The Morgan fingerprint density at radius 1 is 0.914 bits per heavy atom. The molecular formula is C28H34O7. The van der Waals surface area contributed by atoms with Crippen LogP contribution in [0.25, 0.3) is 21.9 Å². The van der Waals surface area contributed by atoms with E-state index in [0.29, 0.717) is 47.1 Å². The molecule has 0 unspecified atom stereocenters. The van der Waals surface area contributed by atoms with Crippen LogP contribution in [0.3, 0.4) is 0 Å². The number of rotatable bonds is 9. The summed E-state index contributed by atoms with van der Waals surface area (Å²) in [5, 5.41) is 11.5. The number of carbonyl (C=O) groups is 2. The fourth-order valence-corrected chi connectivity index (χ4v) is 4.37. The van der Waals surface area contributed by atoms with Gasteiger partial charge in [-0.3, -0.25) is 14.4 Å². The van der Waals surface area contributed by atoms with Crippen LogP contribution in [-0.4, -0.2) is 24.0 Å². The number of esters is 1. The number of methoxy groups -OCH3 is 1. The third kappa shape index (κ3) is 5.34. The van der Waals surface area contributed by atoms with Crippen molar-refractivity contribution in [2.75, 3.05) is 7.11 Å². The molecule has 0 saturated heterocycles. The SMILES string of the molecule is COc1cc2oc3cc(OC(C)=O)c(CCC(C)C)c(O)c3c(=O)c2c(CCC(C)C)c1C(C)=O. The van der Waals surface area contributed by atoms with E-state index < -0.39 is 11.4 Å². The van der Waals surface area contributed by atoms with Gasteiger partial charge in [0.25, 0.3) is 0 Å². The van der Waals surface area contributed by atoms with Crippen molar-refractivity contribution in [1.82, 2.24) is 0 Å². The average molecular weight is 483 g/mol. The first-order valence-electron chi connectivity index (χ1n) is 12.0. The maximum absolute atomic E-state index is 13.9. The number of Topliss-reactive ketones (excluding diaryl/α,β-unsaturated/α-hetero) is 1. The molecule has 7 nitrogen and oxygen atoms in total. The van der Waals surface area contributed by atoms with Gasteiger partial charge in [-0.05, 0) is 50.0 Å². The molecule has 1 N–H and O–H groups in total. The number of hydrogen-bond acceptors (Lipinski definition) is 7. The van der Waals surface area contributed by atoms with Crippen LogP contribution in [0.4, 0.5) is 0 Å². The molecule has 2 aromatic carbocycles. The molecule has 0 aliphatic heterocycles. The first-order chi connectivity index (χ1) is 16.5. The van der Waals surface area contributed by atoms with Gasteiger partial charge in [0.15, 0.2) is 5.78 Å². The zero-order valence-electron chi connectivity index (χ0n) is 21.5. The number of aromatic hydroxyl groups is 1. The van der Waals surface area contributed by atoms with Gasteiger partial charge in [0.05, 0.1) is 18.1 Å². The van der Waals surface area contributed by atoms with Gasteiger partial charge < -0.3 is 19.0 Å². The van der Waals surface area contributed by atoms with Crippen molar-refractivity contribution in [3.63, 3.8) is 0 Å². The van der Waals surface area contributed by atoms with Crippen molar-refractivity contribution >= 4 is 33.7 Å². The predicted molar refractivity (Wildman–Crippen MR) is 136 cm³/mol. The molecule has 0 saturated carbocycles.